The number of amides is 6. The fourth-order valence-electron chi connectivity index (χ4n) is 7.41. The van der Waals surface area contributed by atoms with Crippen LogP contribution < -0.4 is 21.3 Å². The first-order valence-corrected chi connectivity index (χ1v) is 18.5. The highest BCUT2D eigenvalue weighted by atomic mass is 16.6. The van der Waals surface area contributed by atoms with Crippen molar-refractivity contribution in [2.45, 2.75) is 111 Å². The number of likely N-dealkylation sites (tertiary alicyclic amines) is 1. The van der Waals surface area contributed by atoms with Crippen LogP contribution in [0.4, 0.5) is 4.79 Å². The average molecular weight is 739 g/mol. The Bertz CT molecular complexity index is 1580. The summed E-state index contributed by atoms with van der Waals surface area (Å²) in [4.78, 5) is 96.8. The van der Waals surface area contributed by atoms with Gasteiger partial charge in [0.2, 0.25) is 29.4 Å². The van der Waals surface area contributed by atoms with E-state index >= 15 is 0 Å². The van der Waals surface area contributed by atoms with Crippen LogP contribution in [0.15, 0.2) is 30.3 Å². The third kappa shape index (κ3) is 9.94. The highest BCUT2D eigenvalue weighted by Gasteiger charge is 2.70. The molecule has 0 spiro atoms. The lowest BCUT2D eigenvalue weighted by Crippen LogP contribution is -2.61. The van der Waals surface area contributed by atoms with Crippen LogP contribution >= 0.6 is 0 Å². The Hall–Kier alpha value is -4.49. The van der Waals surface area contributed by atoms with Gasteiger partial charge in [-0.1, -0.05) is 84.2 Å². The summed E-state index contributed by atoms with van der Waals surface area (Å²) in [5, 5.41) is 10.6. The van der Waals surface area contributed by atoms with E-state index in [0.717, 1.165) is 19.3 Å². The zero-order valence-corrected chi connectivity index (χ0v) is 32.8. The van der Waals surface area contributed by atoms with Crippen LogP contribution in [0.5, 0.6) is 0 Å². The van der Waals surface area contributed by atoms with E-state index in [4.69, 9.17) is 4.74 Å². The van der Waals surface area contributed by atoms with Crippen LogP contribution in [-0.4, -0.2) is 102 Å². The van der Waals surface area contributed by atoms with E-state index in [2.05, 4.69) is 21.3 Å². The summed E-state index contributed by atoms with van der Waals surface area (Å²) in [6.45, 7) is 14.4. The summed E-state index contributed by atoms with van der Waals surface area (Å²) in [6, 6.07) is 4.55. The molecule has 0 aromatic heterocycles. The van der Waals surface area contributed by atoms with Gasteiger partial charge >= 0.3 is 6.09 Å². The normalized spacial score (nSPS) is 22.2. The molecule has 1 unspecified atom stereocenters. The monoisotopic (exact) mass is 738 g/mol. The van der Waals surface area contributed by atoms with Gasteiger partial charge in [-0.05, 0) is 61.3 Å². The molecule has 3 fully saturated rings. The molecule has 1 aromatic rings. The number of nitrogens with one attached hydrogen (secondary N) is 4. The molecule has 4 rings (SSSR count). The van der Waals surface area contributed by atoms with Gasteiger partial charge in [-0.2, -0.15) is 0 Å². The number of rotatable bonds is 13. The molecule has 1 heterocycles. The summed E-state index contributed by atoms with van der Waals surface area (Å²) in [6.07, 6.45) is 2.16. The van der Waals surface area contributed by atoms with Crippen molar-refractivity contribution in [3.8, 4) is 0 Å². The molecule has 1 aromatic carbocycles. The van der Waals surface area contributed by atoms with Crippen LogP contribution in [0, 0.1) is 28.6 Å². The van der Waals surface area contributed by atoms with Gasteiger partial charge < -0.3 is 35.8 Å². The van der Waals surface area contributed by atoms with Crippen molar-refractivity contribution in [1.29, 1.82) is 0 Å². The number of carbonyl (C=O) groups excluding carboxylic acids is 7. The van der Waals surface area contributed by atoms with Gasteiger partial charge in [0.25, 0.3) is 5.91 Å². The number of nitrogens with zero attached hydrogens (tertiary/aromatic N) is 2. The largest absolute Gasteiger partial charge is 0.444 e. The Kier molecular flexibility index (Phi) is 12.3. The van der Waals surface area contributed by atoms with Gasteiger partial charge in [0.1, 0.15) is 23.7 Å². The number of ether oxygens (including phenoxy) is 1. The zero-order chi connectivity index (χ0) is 39.6. The average Bonchev–Trinajstić information content (AvgIpc) is 3.35. The molecule has 1 aliphatic heterocycles. The highest BCUT2D eigenvalue weighted by molar-refractivity contribution is 6.38. The van der Waals surface area contributed by atoms with E-state index in [-0.39, 0.29) is 35.5 Å². The second-order valence-electron chi connectivity index (χ2n) is 17.6. The van der Waals surface area contributed by atoms with Crippen LogP contribution in [0.3, 0.4) is 0 Å². The Labute approximate surface area is 312 Å². The molecule has 14 nitrogen and oxygen atoms in total. The van der Waals surface area contributed by atoms with E-state index in [1.54, 1.807) is 65.2 Å². The molecule has 14 heteroatoms. The Morgan fingerprint density at radius 2 is 1.55 bits per heavy atom. The predicted molar refractivity (Wildman–Crippen MR) is 197 cm³/mol. The number of ketones is 1. The van der Waals surface area contributed by atoms with Gasteiger partial charge in [0.15, 0.2) is 0 Å². The van der Waals surface area contributed by atoms with E-state index < -0.39 is 77.2 Å². The predicted octanol–water partition coefficient (Wildman–Crippen LogP) is 2.71. The number of fused-ring (bicyclic) bond motifs is 1. The smallest absolute Gasteiger partial charge is 0.408 e. The summed E-state index contributed by atoms with van der Waals surface area (Å²) >= 11 is 0. The summed E-state index contributed by atoms with van der Waals surface area (Å²) in [5.74, 6) is -3.99. The lowest BCUT2D eigenvalue weighted by atomic mass is 9.80. The molecule has 53 heavy (non-hydrogen) atoms. The van der Waals surface area contributed by atoms with Gasteiger partial charge in [-0.25, -0.2) is 4.79 Å². The summed E-state index contributed by atoms with van der Waals surface area (Å²) in [7, 11) is 3.13. The number of Topliss-reactive ketones (excluding diaryl/α,β-unsaturated/α-hetero) is 1. The van der Waals surface area contributed by atoms with Gasteiger partial charge in [-0.15, -0.1) is 0 Å². The maximum atomic E-state index is 14.2. The fourth-order valence-corrected chi connectivity index (χ4v) is 7.41. The molecule has 6 amide bonds. The minimum Gasteiger partial charge on any atom is -0.444 e. The van der Waals surface area contributed by atoms with Crippen molar-refractivity contribution < 1.29 is 38.3 Å². The molecule has 292 valence electrons. The molecular formula is C39H58N6O8. The Balaban J connectivity index is 1.48. The van der Waals surface area contributed by atoms with Crippen molar-refractivity contribution in [1.82, 2.24) is 31.1 Å². The van der Waals surface area contributed by atoms with Crippen LogP contribution in [0.2, 0.25) is 0 Å². The maximum Gasteiger partial charge on any atom is 0.408 e. The number of alkyl carbamates (subject to hydrolysis) is 1. The lowest BCUT2D eigenvalue weighted by Gasteiger charge is -2.38. The number of carbonyl (C=O) groups is 7. The Morgan fingerprint density at radius 1 is 0.925 bits per heavy atom. The first kappa shape index (κ1) is 41.3. The third-order valence-corrected chi connectivity index (χ3v) is 10.7. The molecule has 3 aliphatic rings. The Morgan fingerprint density at radius 3 is 2.08 bits per heavy atom. The quantitative estimate of drug-likeness (QED) is 0.223. The zero-order valence-electron chi connectivity index (χ0n) is 32.8. The summed E-state index contributed by atoms with van der Waals surface area (Å²) < 4.78 is 5.44. The number of hydrogen-bond donors (Lipinski definition) is 4. The van der Waals surface area contributed by atoms with Crippen molar-refractivity contribution in [3.05, 3.63) is 35.9 Å². The second kappa shape index (κ2) is 15.9. The van der Waals surface area contributed by atoms with Gasteiger partial charge in [0.05, 0.1) is 12.6 Å². The minimum atomic E-state index is -1.18. The first-order valence-electron chi connectivity index (χ1n) is 18.5. The van der Waals surface area contributed by atoms with Crippen molar-refractivity contribution >= 4 is 41.4 Å². The minimum absolute atomic E-state index is 0.0334. The molecule has 2 aliphatic carbocycles. The highest BCUT2D eigenvalue weighted by Crippen LogP contribution is 2.65. The van der Waals surface area contributed by atoms with Crippen LogP contribution in [0.25, 0.3) is 0 Å². The molecule has 0 radical (unpaired) electrons. The van der Waals surface area contributed by atoms with Crippen LogP contribution in [-0.2, 0) is 33.5 Å². The maximum absolute atomic E-state index is 14.2. The number of hydrogen-bond acceptors (Lipinski definition) is 8. The standard InChI is InChI=1S/C39H58N6O8/c1-37(2,3)31(43-36(52)53-38(4,5)6)35(51)45-21-24-27(39(24,7)8)29(45)32(48)41-25(19-22-15-14-16-22)30(47)33(49)40-20-26(46)42-28(34(50)44(9)10)23-17-12-11-13-18-23/h11-13,17-18,22,24-25,27-29,31H,14-16,19-21H2,1-10H3,(H,40,49)(H,41,48)(H,42,46)(H,43,52)/t24-,25?,27-,28+,29+,31-/m1/s1. The first-order chi connectivity index (χ1) is 24.5. The van der Waals surface area contributed by atoms with E-state index in [1.165, 1.54) is 9.80 Å². The van der Waals surface area contributed by atoms with Crippen LogP contribution in [0.1, 0.15) is 92.7 Å². The van der Waals surface area contributed by atoms with Gasteiger partial charge in [-0.3, -0.25) is 28.8 Å². The van der Waals surface area contributed by atoms with Crippen molar-refractivity contribution in [2.24, 2.45) is 28.6 Å². The van der Waals surface area contributed by atoms with Gasteiger partial charge in [0, 0.05) is 20.6 Å². The van der Waals surface area contributed by atoms with E-state index in [9.17, 15) is 33.6 Å². The lowest BCUT2D eigenvalue weighted by molar-refractivity contribution is -0.145. The SMILES string of the molecule is CN(C)C(=O)[C@@H](NC(=O)CNC(=O)C(=O)C(CC1CCC1)NC(=O)[C@@H]1[C@H]2[C@@H](CN1C(=O)[C@@H](NC(=O)OC(C)(C)C)C(C)(C)C)C2(C)C)c1ccccc1. The van der Waals surface area contributed by atoms with E-state index in [0.29, 0.717) is 12.1 Å². The topological polar surface area (TPSA) is 183 Å². The van der Waals surface area contributed by atoms with Crippen molar-refractivity contribution in [3.63, 3.8) is 0 Å². The molecule has 6 atom stereocenters. The fraction of sp³-hybridized carbons (Fsp3) is 0.667. The second-order valence-corrected chi connectivity index (χ2v) is 17.6. The number of benzene rings is 1. The number of likely N-dealkylation sites (N-methyl/N-ethyl adjacent to an activating group) is 1. The van der Waals surface area contributed by atoms with E-state index in [1.807, 2.05) is 34.6 Å². The molecule has 2 saturated carbocycles. The molecule has 1 saturated heterocycles. The molecule has 4 N–H and O–H groups in total. The molecular weight excluding hydrogens is 680 g/mol. The molecule has 0 bridgehead atoms. The van der Waals surface area contributed by atoms with Crippen molar-refractivity contribution in [2.75, 3.05) is 27.2 Å². The third-order valence-electron chi connectivity index (χ3n) is 10.7. The number of piperidine rings is 1. The summed E-state index contributed by atoms with van der Waals surface area (Å²) in [5.41, 5.74) is -1.20.